The SMILES string of the molecule is CC(N)=C(C(=O)OCC(=O)c1c(F)cccc1F)C(N)=NC1CCOCC1. The van der Waals surface area contributed by atoms with Crippen LogP contribution in [0.15, 0.2) is 34.5 Å². The normalized spacial score (nSPS) is 16.6. The maximum Gasteiger partial charge on any atom is 0.344 e. The van der Waals surface area contributed by atoms with Crippen molar-refractivity contribution in [2.45, 2.75) is 25.8 Å². The lowest BCUT2D eigenvalue weighted by atomic mass is 10.1. The molecule has 146 valence electrons. The number of halogens is 2. The Labute approximate surface area is 155 Å². The fourth-order valence-electron chi connectivity index (χ4n) is 2.58. The lowest BCUT2D eigenvalue weighted by molar-refractivity contribution is -0.137. The molecule has 0 aliphatic carbocycles. The highest BCUT2D eigenvalue weighted by molar-refractivity contribution is 6.19. The zero-order chi connectivity index (χ0) is 20.0. The number of hydrogen-bond donors (Lipinski definition) is 2. The van der Waals surface area contributed by atoms with Crippen LogP contribution in [0.1, 0.15) is 30.1 Å². The number of hydrogen-bond acceptors (Lipinski definition) is 6. The van der Waals surface area contributed by atoms with E-state index in [1.165, 1.54) is 6.92 Å². The first kappa shape index (κ1) is 20.5. The molecule has 1 aromatic carbocycles. The number of ketones is 1. The first-order chi connectivity index (χ1) is 12.8. The van der Waals surface area contributed by atoms with E-state index in [-0.39, 0.29) is 23.1 Å². The molecular weight excluding hydrogens is 360 g/mol. The number of carbonyl (C=O) groups excluding carboxylic acids is 2. The van der Waals surface area contributed by atoms with Crippen molar-refractivity contribution in [2.75, 3.05) is 19.8 Å². The van der Waals surface area contributed by atoms with Gasteiger partial charge < -0.3 is 20.9 Å². The highest BCUT2D eigenvalue weighted by Gasteiger charge is 2.23. The lowest BCUT2D eigenvalue weighted by Crippen LogP contribution is -2.30. The average molecular weight is 381 g/mol. The summed E-state index contributed by atoms with van der Waals surface area (Å²) in [6.07, 6.45) is 1.30. The number of nitrogens with two attached hydrogens (primary N) is 2. The monoisotopic (exact) mass is 381 g/mol. The predicted octanol–water partition coefficient (Wildman–Crippen LogP) is 1.46. The number of amidine groups is 1. The van der Waals surface area contributed by atoms with E-state index < -0.39 is 35.6 Å². The van der Waals surface area contributed by atoms with Crippen molar-refractivity contribution in [1.82, 2.24) is 0 Å². The molecule has 4 N–H and O–H groups in total. The quantitative estimate of drug-likeness (QED) is 0.253. The van der Waals surface area contributed by atoms with E-state index >= 15 is 0 Å². The molecule has 1 aliphatic rings. The van der Waals surface area contributed by atoms with Crippen LogP contribution in [0.5, 0.6) is 0 Å². The van der Waals surface area contributed by atoms with Crippen molar-refractivity contribution in [3.8, 4) is 0 Å². The maximum absolute atomic E-state index is 13.6. The number of carbonyl (C=O) groups is 2. The first-order valence-electron chi connectivity index (χ1n) is 8.33. The smallest absolute Gasteiger partial charge is 0.344 e. The van der Waals surface area contributed by atoms with Crippen molar-refractivity contribution < 1.29 is 27.8 Å². The van der Waals surface area contributed by atoms with E-state index in [0.717, 1.165) is 18.2 Å². The van der Waals surface area contributed by atoms with Gasteiger partial charge >= 0.3 is 5.97 Å². The van der Waals surface area contributed by atoms with E-state index in [9.17, 15) is 18.4 Å². The van der Waals surface area contributed by atoms with Crippen LogP contribution in [0.4, 0.5) is 8.78 Å². The van der Waals surface area contributed by atoms with Gasteiger partial charge in [-0.15, -0.1) is 0 Å². The van der Waals surface area contributed by atoms with Gasteiger partial charge in [0.05, 0.1) is 11.6 Å². The van der Waals surface area contributed by atoms with Crippen LogP contribution in [0.2, 0.25) is 0 Å². The van der Waals surface area contributed by atoms with Crippen molar-refractivity contribution >= 4 is 17.6 Å². The summed E-state index contributed by atoms with van der Waals surface area (Å²) in [4.78, 5) is 28.5. The fraction of sp³-hybridized carbons (Fsp3) is 0.389. The summed E-state index contributed by atoms with van der Waals surface area (Å²) >= 11 is 0. The van der Waals surface area contributed by atoms with Gasteiger partial charge in [0.15, 0.2) is 6.61 Å². The van der Waals surface area contributed by atoms with Gasteiger partial charge in [-0.1, -0.05) is 6.07 Å². The molecule has 1 aliphatic heterocycles. The number of rotatable bonds is 6. The molecule has 0 spiro atoms. The van der Waals surface area contributed by atoms with E-state index in [1.807, 2.05) is 0 Å². The molecule has 9 heteroatoms. The number of benzene rings is 1. The molecule has 1 fully saturated rings. The Bertz CT molecular complexity index is 763. The molecule has 1 saturated heterocycles. The van der Waals surface area contributed by atoms with Gasteiger partial charge in [-0.3, -0.25) is 9.79 Å². The Hall–Kier alpha value is -2.81. The van der Waals surface area contributed by atoms with Crippen molar-refractivity contribution in [3.05, 3.63) is 46.7 Å². The van der Waals surface area contributed by atoms with Gasteiger partial charge in [0.1, 0.15) is 23.0 Å². The van der Waals surface area contributed by atoms with Gasteiger partial charge in [0.2, 0.25) is 5.78 Å². The molecule has 2 rings (SSSR count). The second-order valence-corrected chi connectivity index (χ2v) is 6.01. The Morgan fingerprint density at radius 1 is 1.22 bits per heavy atom. The molecule has 1 heterocycles. The average Bonchev–Trinajstić information content (AvgIpc) is 2.60. The molecule has 0 atom stereocenters. The van der Waals surface area contributed by atoms with Crippen LogP contribution in [0, 0.1) is 11.6 Å². The summed E-state index contributed by atoms with van der Waals surface area (Å²) in [6, 6.07) is 2.88. The lowest BCUT2D eigenvalue weighted by Gasteiger charge is -2.19. The zero-order valence-corrected chi connectivity index (χ0v) is 14.8. The van der Waals surface area contributed by atoms with E-state index in [1.54, 1.807) is 0 Å². The van der Waals surface area contributed by atoms with Gasteiger partial charge in [0, 0.05) is 18.9 Å². The van der Waals surface area contributed by atoms with Crippen molar-refractivity contribution in [2.24, 2.45) is 16.5 Å². The Morgan fingerprint density at radius 3 is 2.37 bits per heavy atom. The molecule has 0 saturated carbocycles. The van der Waals surface area contributed by atoms with E-state index in [0.29, 0.717) is 26.1 Å². The fourth-order valence-corrected chi connectivity index (χ4v) is 2.58. The summed E-state index contributed by atoms with van der Waals surface area (Å²) < 4.78 is 37.3. The molecular formula is C18H21F2N3O4. The number of esters is 1. The third-order valence-corrected chi connectivity index (χ3v) is 3.94. The molecule has 0 bridgehead atoms. The third-order valence-electron chi connectivity index (χ3n) is 3.94. The van der Waals surface area contributed by atoms with Crippen LogP contribution in [0.3, 0.4) is 0 Å². The molecule has 0 aromatic heterocycles. The van der Waals surface area contributed by atoms with E-state index in [4.69, 9.17) is 20.9 Å². The predicted molar refractivity (Wildman–Crippen MR) is 94.0 cm³/mol. The highest BCUT2D eigenvalue weighted by Crippen LogP contribution is 2.15. The van der Waals surface area contributed by atoms with Crippen LogP contribution < -0.4 is 11.5 Å². The molecule has 27 heavy (non-hydrogen) atoms. The van der Waals surface area contributed by atoms with Crippen LogP contribution in [-0.2, 0) is 14.3 Å². The Balaban J connectivity index is 2.08. The second kappa shape index (κ2) is 9.22. The molecule has 1 aromatic rings. The van der Waals surface area contributed by atoms with Gasteiger partial charge in [-0.05, 0) is 31.9 Å². The van der Waals surface area contributed by atoms with Crippen molar-refractivity contribution in [1.29, 1.82) is 0 Å². The van der Waals surface area contributed by atoms with Crippen molar-refractivity contribution in [3.63, 3.8) is 0 Å². The molecule has 0 unspecified atom stereocenters. The maximum atomic E-state index is 13.6. The summed E-state index contributed by atoms with van der Waals surface area (Å²) in [5.74, 6) is -4.21. The standard InChI is InChI=1S/C18H21F2N3O4/c1-10(21)15(17(22)23-11-5-7-26-8-6-11)18(25)27-9-14(24)16-12(19)3-2-4-13(16)20/h2-4,11H,5-9,21H2,1H3,(H2,22,23). The topological polar surface area (TPSA) is 117 Å². The Morgan fingerprint density at radius 2 is 1.81 bits per heavy atom. The summed E-state index contributed by atoms with van der Waals surface area (Å²) in [5.41, 5.74) is 10.7. The van der Waals surface area contributed by atoms with Crippen LogP contribution in [-0.4, -0.2) is 43.5 Å². The number of allylic oxidation sites excluding steroid dienone is 1. The van der Waals surface area contributed by atoms with Gasteiger partial charge in [-0.2, -0.15) is 0 Å². The molecule has 7 nitrogen and oxygen atoms in total. The number of ether oxygens (including phenoxy) is 2. The van der Waals surface area contributed by atoms with Gasteiger partial charge in [0.25, 0.3) is 0 Å². The number of Topliss-reactive ketones (excluding diaryl/α,β-unsaturated/α-hetero) is 1. The molecule has 0 radical (unpaired) electrons. The second-order valence-electron chi connectivity index (χ2n) is 6.01. The first-order valence-corrected chi connectivity index (χ1v) is 8.33. The van der Waals surface area contributed by atoms with E-state index in [2.05, 4.69) is 4.99 Å². The minimum Gasteiger partial charge on any atom is -0.454 e. The van der Waals surface area contributed by atoms with Crippen LogP contribution >= 0.6 is 0 Å². The van der Waals surface area contributed by atoms with Gasteiger partial charge in [-0.25, -0.2) is 13.6 Å². The largest absolute Gasteiger partial charge is 0.454 e. The highest BCUT2D eigenvalue weighted by atomic mass is 19.1. The van der Waals surface area contributed by atoms with Crippen LogP contribution in [0.25, 0.3) is 0 Å². The minimum atomic E-state index is -1.04. The summed E-state index contributed by atoms with van der Waals surface area (Å²) in [5, 5.41) is 0. The third kappa shape index (κ3) is 5.33. The number of aliphatic imine (C=N–C) groups is 1. The Kier molecular flexibility index (Phi) is 7.00. The molecule has 0 amide bonds. The number of nitrogens with zero attached hydrogens (tertiary/aromatic N) is 1. The summed E-state index contributed by atoms with van der Waals surface area (Å²) in [6.45, 7) is 1.64. The zero-order valence-electron chi connectivity index (χ0n) is 14.8. The minimum absolute atomic E-state index is 0.0535. The summed E-state index contributed by atoms with van der Waals surface area (Å²) in [7, 11) is 0.